The maximum Gasteiger partial charge on any atom is 0.249 e. The quantitative estimate of drug-likeness (QED) is 0.712. The van der Waals surface area contributed by atoms with E-state index in [1.165, 1.54) is 32.2 Å². The zero-order chi connectivity index (χ0) is 13.2. The van der Waals surface area contributed by atoms with Crippen LogP contribution in [0.3, 0.4) is 0 Å². The van der Waals surface area contributed by atoms with E-state index in [4.69, 9.17) is 15.0 Å². The van der Waals surface area contributed by atoms with Crippen LogP contribution in [0.15, 0.2) is 0 Å². The van der Waals surface area contributed by atoms with Gasteiger partial charge in [0.15, 0.2) is 0 Å². The monoisotopic (exact) mass is 233 g/mol. The first kappa shape index (κ1) is 17.6. The largest absolute Gasteiger partial charge is 0.565 e. The summed E-state index contributed by atoms with van der Waals surface area (Å²) >= 11 is 0. The summed E-state index contributed by atoms with van der Waals surface area (Å²) in [6, 6.07) is 0. The Morgan fingerprint density at radius 1 is 1.31 bits per heavy atom. The predicted molar refractivity (Wildman–Crippen MR) is 64.2 cm³/mol. The lowest BCUT2D eigenvalue weighted by atomic mass is 9.98. The van der Waals surface area contributed by atoms with Gasteiger partial charge in [-0.1, -0.05) is 26.7 Å². The van der Waals surface area contributed by atoms with Crippen molar-refractivity contribution >= 4 is 6.16 Å². The third-order valence-electron chi connectivity index (χ3n) is 2.35. The van der Waals surface area contributed by atoms with E-state index in [1.54, 1.807) is 0 Å². The fourth-order valence-corrected chi connectivity index (χ4v) is 1.69. The molecule has 0 aliphatic carbocycles. The Morgan fingerprint density at radius 3 is 2.00 bits per heavy atom. The molecule has 0 spiro atoms. The highest BCUT2D eigenvalue weighted by Crippen LogP contribution is 2.15. The molecule has 0 fully saturated rings. The minimum Gasteiger partial charge on any atom is -0.565 e. The minimum atomic E-state index is -2.08. The topological polar surface area (TPSA) is 60.4 Å². The van der Waals surface area contributed by atoms with Crippen LogP contribution in [0.5, 0.6) is 0 Å². The van der Waals surface area contributed by atoms with Gasteiger partial charge in [0, 0.05) is 5.92 Å². The summed E-state index contributed by atoms with van der Waals surface area (Å²) in [5, 5.41) is 15.3. The van der Waals surface area contributed by atoms with Gasteiger partial charge in [-0.15, -0.1) is 0 Å². The number of quaternary nitrogens is 1. The molecule has 0 amide bonds. The molecule has 4 heteroatoms. The van der Waals surface area contributed by atoms with Crippen LogP contribution in [0.2, 0.25) is 0 Å². The zero-order valence-corrected chi connectivity index (χ0v) is 11.3. The average Bonchev–Trinajstić information content (AvgIpc) is 2.09. The first-order valence-corrected chi connectivity index (χ1v) is 5.93. The highest BCUT2D eigenvalue weighted by Gasteiger charge is 2.15. The van der Waals surface area contributed by atoms with Crippen LogP contribution in [0, 0.1) is 5.92 Å². The summed E-state index contributed by atoms with van der Waals surface area (Å²) in [5.41, 5.74) is 0. The van der Waals surface area contributed by atoms with E-state index in [-0.39, 0.29) is 0 Å². The highest BCUT2D eigenvalue weighted by atomic mass is 16.6. The zero-order valence-electron chi connectivity index (χ0n) is 11.3. The molecular formula is C12H27NO3. The van der Waals surface area contributed by atoms with Gasteiger partial charge in [-0.25, -0.2) is 0 Å². The van der Waals surface area contributed by atoms with Crippen LogP contribution in [0.4, 0.5) is 4.79 Å². The Kier molecular flexibility index (Phi) is 10.4. The van der Waals surface area contributed by atoms with Gasteiger partial charge >= 0.3 is 0 Å². The second kappa shape index (κ2) is 9.46. The maximum atomic E-state index is 8.44. The summed E-state index contributed by atoms with van der Waals surface area (Å²) < 4.78 is 1.11. The number of carbonyl (C=O) groups is 1. The summed E-state index contributed by atoms with van der Waals surface area (Å²) in [7, 11) is 6.86. The van der Waals surface area contributed by atoms with E-state index in [9.17, 15) is 0 Å². The molecule has 16 heavy (non-hydrogen) atoms. The molecule has 0 aliphatic rings. The van der Waals surface area contributed by atoms with E-state index in [1.807, 2.05) is 0 Å². The lowest BCUT2D eigenvalue weighted by Gasteiger charge is -2.28. The molecule has 0 aliphatic heterocycles. The van der Waals surface area contributed by atoms with Crippen LogP contribution in [-0.4, -0.2) is 43.4 Å². The Labute approximate surface area is 99.5 Å². The van der Waals surface area contributed by atoms with E-state index in [2.05, 4.69) is 35.0 Å². The number of nitrogens with zero attached hydrogens (tertiary/aromatic N) is 1. The average molecular weight is 233 g/mol. The van der Waals surface area contributed by atoms with Crippen LogP contribution in [0.1, 0.15) is 39.5 Å². The molecule has 0 rings (SSSR count). The van der Waals surface area contributed by atoms with Crippen LogP contribution in [-0.2, 0) is 0 Å². The van der Waals surface area contributed by atoms with Crippen molar-refractivity contribution in [3.63, 3.8) is 0 Å². The lowest BCUT2D eigenvalue weighted by Crippen LogP contribution is -2.39. The van der Waals surface area contributed by atoms with Crippen molar-refractivity contribution in [3.8, 4) is 0 Å². The number of carboxylic acid groups (broad SMARTS) is 2. The molecule has 0 heterocycles. The van der Waals surface area contributed by atoms with Crippen molar-refractivity contribution in [3.05, 3.63) is 0 Å². The molecule has 1 N–H and O–H groups in total. The van der Waals surface area contributed by atoms with Gasteiger partial charge in [0.25, 0.3) is 0 Å². The summed E-state index contributed by atoms with van der Waals surface area (Å²) in [4.78, 5) is 8.44. The van der Waals surface area contributed by atoms with E-state index in [0.717, 1.165) is 10.4 Å². The molecular weight excluding hydrogens is 206 g/mol. The first-order chi connectivity index (χ1) is 7.22. The molecule has 0 aromatic heterocycles. The van der Waals surface area contributed by atoms with Crippen LogP contribution in [0.25, 0.3) is 0 Å². The van der Waals surface area contributed by atoms with Gasteiger partial charge in [-0.05, 0) is 12.8 Å². The van der Waals surface area contributed by atoms with E-state index >= 15 is 0 Å². The van der Waals surface area contributed by atoms with Crippen molar-refractivity contribution in [2.45, 2.75) is 39.5 Å². The minimum absolute atomic E-state index is 0.935. The van der Waals surface area contributed by atoms with Crippen molar-refractivity contribution in [2.75, 3.05) is 27.7 Å². The third-order valence-corrected chi connectivity index (χ3v) is 2.35. The Bertz CT molecular complexity index is 172. The Hall–Kier alpha value is -0.770. The molecule has 0 aromatic carbocycles. The van der Waals surface area contributed by atoms with Crippen LogP contribution < -0.4 is 5.11 Å². The predicted octanol–water partition coefficient (Wildman–Crippen LogP) is 1.80. The molecule has 0 saturated heterocycles. The fraction of sp³-hybridized carbons (Fsp3) is 0.917. The maximum absolute atomic E-state index is 8.44. The van der Waals surface area contributed by atoms with Crippen molar-refractivity contribution in [1.29, 1.82) is 0 Å². The van der Waals surface area contributed by atoms with Crippen molar-refractivity contribution in [2.24, 2.45) is 5.92 Å². The first-order valence-electron chi connectivity index (χ1n) is 5.93. The summed E-state index contributed by atoms with van der Waals surface area (Å²) in [6.07, 6.45) is 3.42. The number of hydrogen-bond donors (Lipinski definition) is 1. The normalized spacial score (nSPS) is 12.6. The van der Waals surface area contributed by atoms with Crippen LogP contribution >= 0.6 is 0 Å². The van der Waals surface area contributed by atoms with E-state index in [0.29, 0.717) is 0 Å². The van der Waals surface area contributed by atoms with Gasteiger partial charge in [-0.3, -0.25) is 0 Å². The standard InChI is InChI=1S/C11H26N.CH2O3/c1-6-8-9-11(7-2)10-12(3,4)5;2-1(3)4/h11H,6-10H2,1-5H3;(H2,2,3,4)/q+1;/p-1. The Balaban J connectivity index is 0. The lowest BCUT2D eigenvalue weighted by molar-refractivity contribution is -0.874. The van der Waals surface area contributed by atoms with Crippen molar-refractivity contribution < 1.29 is 19.5 Å². The molecule has 0 aromatic rings. The van der Waals surface area contributed by atoms with Gasteiger partial charge in [0.1, 0.15) is 0 Å². The highest BCUT2D eigenvalue weighted by molar-refractivity contribution is 5.50. The Morgan fingerprint density at radius 2 is 1.75 bits per heavy atom. The molecule has 1 atom stereocenters. The smallest absolute Gasteiger partial charge is 0.249 e. The second-order valence-electron chi connectivity index (χ2n) is 5.16. The van der Waals surface area contributed by atoms with Crippen molar-refractivity contribution in [1.82, 2.24) is 0 Å². The number of hydrogen-bond acceptors (Lipinski definition) is 2. The molecule has 4 nitrogen and oxygen atoms in total. The van der Waals surface area contributed by atoms with Gasteiger partial charge in [0.2, 0.25) is 6.16 Å². The molecule has 0 saturated carbocycles. The molecule has 0 bridgehead atoms. The molecule has 98 valence electrons. The number of rotatable bonds is 6. The molecule has 0 radical (unpaired) electrons. The van der Waals surface area contributed by atoms with E-state index < -0.39 is 6.16 Å². The summed E-state index contributed by atoms with van der Waals surface area (Å²) in [5.74, 6) is 0.935. The van der Waals surface area contributed by atoms with Gasteiger partial charge < -0.3 is 19.5 Å². The second-order valence-corrected chi connectivity index (χ2v) is 5.16. The fourth-order valence-electron chi connectivity index (χ4n) is 1.69. The number of unbranched alkanes of at least 4 members (excludes halogenated alkanes) is 1. The molecule has 1 unspecified atom stereocenters. The SMILES string of the molecule is CCCCC(CC)C[N+](C)(C)C.O=C([O-])O. The van der Waals surface area contributed by atoms with Gasteiger partial charge in [-0.2, -0.15) is 0 Å². The third kappa shape index (κ3) is 18.9. The van der Waals surface area contributed by atoms with Gasteiger partial charge in [0.05, 0.1) is 27.7 Å². The summed E-state index contributed by atoms with van der Waals surface area (Å²) in [6.45, 7) is 5.92.